The van der Waals surface area contributed by atoms with Crippen molar-refractivity contribution in [2.24, 2.45) is 22.7 Å². The molecule has 1 spiro atoms. The molecule has 3 aliphatic rings. The van der Waals surface area contributed by atoms with Crippen LogP contribution >= 0.6 is 0 Å². The standard InChI is InChI=1S/C10H15F/c1-6(11)3-9-4-8-7(2)10(8,9)5-9/h6-8H,3-5H2,1-2H3. The van der Waals surface area contributed by atoms with E-state index >= 15 is 0 Å². The molecular formula is C10H15F. The van der Waals surface area contributed by atoms with Crippen LogP contribution in [0, 0.1) is 22.7 Å². The summed E-state index contributed by atoms with van der Waals surface area (Å²) in [5.74, 6) is 1.96. The molecule has 3 fully saturated rings. The molecule has 0 saturated heterocycles. The van der Waals surface area contributed by atoms with E-state index in [1.165, 1.54) is 12.8 Å². The Kier molecular flexibility index (Phi) is 0.810. The fourth-order valence-corrected chi connectivity index (χ4v) is 4.21. The summed E-state index contributed by atoms with van der Waals surface area (Å²) in [4.78, 5) is 0. The van der Waals surface area contributed by atoms with E-state index in [4.69, 9.17) is 0 Å². The lowest BCUT2D eigenvalue weighted by molar-refractivity contribution is 0.193. The quantitative estimate of drug-likeness (QED) is 0.573. The van der Waals surface area contributed by atoms with Crippen molar-refractivity contribution < 1.29 is 4.39 Å². The van der Waals surface area contributed by atoms with Crippen LogP contribution in [0.3, 0.4) is 0 Å². The molecule has 11 heavy (non-hydrogen) atoms. The Morgan fingerprint density at radius 1 is 1.64 bits per heavy atom. The summed E-state index contributed by atoms with van der Waals surface area (Å²) in [6.07, 6.45) is 3.00. The summed E-state index contributed by atoms with van der Waals surface area (Å²) >= 11 is 0. The molecule has 0 aliphatic heterocycles. The first-order valence-electron chi connectivity index (χ1n) is 4.76. The fraction of sp³-hybridized carbons (Fsp3) is 1.00. The first kappa shape index (κ1) is 6.45. The zero-order chi connectivity index (χ0) is 7.85. The Labute approximate surface area is 67.2 Å². The highest BCUT2D eigenvalue weighted by atomic mass is 19.1. The van der Waals surface area contributed by atoms with Gasteiger partial charge in [0.2, 0.25) is 0 Å². The van der Waals surface area contributed by atoms with E-state index in [9.17, 15) is 4.39 Å². The second-order valence-electron chi connectivity index (χ2n) is 5.08. The largest absolute Gasteiger partial charge is 0.248 e. The molecule has 0 amide bonds. The molecule has 1 heteroatoms. The van der Waals surface area contributed by atoms with Crippen molar-refractivity contribution in [1.29, 1.82) is 0 Å². The zero-order valence-electron chi connectivity index (χ0n) is 7.23. The van der Waals surface area contributed by atoms with E-state index in [0.717, 1.165) is 18.3 Å². The topological polar surface area (TPSA) is 0 Å². The molecule has 3 saturated carbocycles. The summed E-state index contributed by atoms with van der Waals surface area (Å²) in [5.41, 5.74) is 1.22. The van der Waals surface area contributed by atoms with Crippen molar-refractivity contribution in [1.82, 2.24) is 0 Å². The van der Waals surface area contributed by atoms with Crippen LogP contribution in [0.2, 0.25) is 0 Å². The van der Waals surface area contributed by atoms with Gasteiger partial charge in [-0.05, 0) is 48.9 Å². The molecule has 0 radical (unpaired) electrons. The lowest BCUT2D eigenvalue weighted by Crippen LogP contribution is -2.19. The Hall–Kier alpha value is -0.0700. The molecule has 62 valence electrons. The van der Waals surface area contributed by atoms with E-state index in [2.05, 4.69) is 6.92 Å². The number of halogens is 1. The van der Waals surface area contributed by atoms with Gasteiger partial charge in [0.25, 0.3) is 0 Å². The van der Waals surface area contributed by atoms with Crippen LogP contribution in [-0.4, -0.2) is 6.17 Å². The first-order chi connectivity index (χ1) is 5.12. The Morgan fingerprint density at radius 2 is 2.36 bits per heavy atom. The SMILES string of the molecule is CC(F)CC12CC3C(C)C31C2. The number of rotatable bonds is 2. The summed E-state index contributed by atoms with van der Waals surface area (Å²) in [6.45, 7) is 4.06. The molecule has 0 aromatic rings. The van der Waals surface area contributed by atoms with Gasteiger partial charge in [-0.1, -0.05) is 6.92 Å². The second-order valence-corrected chi connectivity index (χ2v) is 5.08. The van der Waals surface area contributed by atoms with Gasteiger partial charge in [-0.15, -0.1) is 0 Å². The minimum Gasteiger partial charge on any atom is -0.248 e. The molecule has 0 aromatic heterocycles. The molecule has 3 rings (SSSR count). The normalized spacial score (nSPS) is 65.7. The fourth-order valence-electron chi connectivity index (χ4n) is 4.21. The van der Waals surface area contributed by atoms with E-state index in [1.807, 2.05) is 0 Å². The highest BCUT2D eigenvalue weighted by Gasteiger charge is 2.91. The van der Waals surface area contributed by atoms with E-state index in [1.54, 1.807) is 6.92 Å². The third-order valence-electron chi connectivity index (χ3n) is 4.74. The Balaban J connectivity index is 1.75. The van der Waals surface area contributed by atoms with E-state index in [0.29, 0.717) is 10.8 Å². The van der Waals surface area contributed by atoms with E-state index < -0.39 is 6.17 Å². The predicted octanol–water partition coefficient (Wildman–Crippen LogP) is 2.78. The Bertz CT molecular complexity index is 213. The van der Waals surface area contributed by atoms with Crippen LogP contribution in [0.1, 0.15) is 33.1 Å². The lowest BCUT2D eigenvalue weighted by atomic mass is 9.81. The van der Waals surface area contributed by atoms with Crippen molar-refractivity contribution in [2.45, 2.75) is 39.3 Å². The van der Waals surface area contributed by atoms with Crippen LogP contribution in [0.4, 0.5) is 4.39 Å². The van der Waals surface area contributed by atoms with Gasteiger partial charge >= 0.3 is 0 Å². The zero-order valence-corrected chi connectivity index (χ0v) is 7.23. The van der Waals surface area contributed by atoms with Crippen LogP contribution in [0.15, 0.2) is 0 Å². The molecule has 5 atom stereocenters. The smallest absolute Gasteiger partial charge is 0.0979 e. The molecular weight excluding hydrogens is 139 g/mol. The van der Waals surface area contributed by atoms with E-state index in [-0.39, 0.29) is 0 Å². The molecule has 0 aromatic carbocycles. The van der Waals surface area contributed by atoms with Gasteiger partial charge < -0.3 is 0 Å². The average Bonchev–Trinajstić information content (AvgIpc) is 2.51. The van der Waals surface area contributed by atoms with Crippen molar-refractivity contribution in [2.75, 3.05) is 0 Å². The highest BCUT2D eigenvalue weighted by molar-refractivity contribution is 5.39. The van der Waals surface area contributed by atoms with Gasteiger partial charge in [-0.3, -0.25) is 0 Å². The minimum absolute atomic E-state index is 0.519. The highest BCUT2D eigenvalue weighted by Crippen LogP contribution is 2.97. The van der Waals surface area contributed by atoms with Crippen LogP contribution < -0.4 is 0 Å². The number of alkyl halides is 1. The molecule has 5 unspecified atom stereocenters. The van der Waals surface area contributed by atoms with Crippen LogP contribution in [0.25, 0.3) is 0 Å². The monoisotopic (exact) mass is 154 g/mol. The van der Waals surface area contributed by atoms with Gasteiger partial charge in [0.05, 0.1) is 6.17 Å². The van der Waals surface area contributed by atoms with Gasteiger partial charge in [-0.25, -0.2) is 4.39 Å². The van der Waals surface area contributed by atoms with Crippen LogP contribution in [-0.2, 0) is 0 Å². The van der Waals surface area contributed by atoms with Crippen molar-refractivity contribution >= 4 is 0 Å². The average molecular weight is 154 g/mol. The van der Waals surface area contributed by atoms with Gasteiger partial charge in [0.15, 0.2) is 0 Å². The molecule has 0 heterocycles. The Morgan fingerprint density at radius 3 is 2.64 bits per heavy atom. The maximum Gasteiger partial charge on any atom is 0.0979 e. The summed E-state index contributed by atoms with van der Waals surface area (Å²) in [5, 5.41) is 0. The number of hydrogen-bond acceptors (Lipinski definition) is 0. The third-order valence-corrected chi connectivity index (χ3v) is 4.74. The first-order valence-corrected chi connectivity index (χ1v) is 4.76. The summed E-state index contributed by atoms with van der Waals surface area (Å²) < 4.78 is 12.8. The maximum absolute atomic E-state index is 12.8. The van der Waals surface area contributed by atoms with Gasteiger partial charge in [0, 0.05) is 0 Å². The van der Waals surface area contributed by atoms with Crippen molar-refractivity contribution in [3.8, 4) is 0 Å². The molecule has 0 bridgehead atoms. The maximum atomic E-state index is 12.8. The van der Waals surface area contributed by atoms with Crippen LogP contribution in [0.5, 0.6) is 0 Å². The number of hydrogen-bond donors (Lipinski definition) is 0. The third kappa shape index (κ3) is 0.458. The van der Waals surface area contributed by atoms with Crippen molar-refractivity contribution in [3.05, 3.63) is 0 Å². The summed E-state index contributed by atoms with van der Waals surface area (Å²) in [6, 6.07) is 0. The second kappa shape index (κ2) is 1.38. The molecule has 0 N–H and O–H groups in total. The molecule has 3 aliphatic carbocycles. The lowest BCUT2D eigenvalue weighted by Gasteiger charge is -2.24. The van der Waals surface area contributed by atoms with Gasteiger partial charge in [0.1, 0.15) is 0 Å². The van der Waals surface area contributed by atoms with Gasteiger partial charge in [-0.2, -0.15) is 0 Å². The van der Waals surface area contributed by atoms with Crippen molar-refractivity contribution in [3.63, 3.8) is 0 Å². The summed E-state index contributed by atoms with van der Waals surface area (Å²) in [7, 11) is 0. The molecule has 0 nitrogen and oxygen atoms in total. The predicted molar refractivity (Wildman–Crippen MR) is 41.9 cm³/mol. The minimum atomic E-state index is -0.567.